The van der Waals surface area contributed by atoms with E-state index >= 15 is 0 Å². The number of carbonyl (C=O) groups is 1. The van der Waals surface area contributed by atoms with Crippen LogP contribution in [0.3, 0.4) is 0 Å². The van der Waals surface area contributed by atoms with E-state index in [0.29, 0.717) is 18.2 Å². The highest BCUT2D eigenvalue weighted by molar-refractivity contribution is 5.80. The summed E-state index contributed by atoms with van der Waals surface area (Å²) >= 11 is 0. The third-order valence-electron chi connectivity index (χ3n) is 9.03. The van der Waals surface area contributed by atoms with E-state index in [1.54, 1.807) is 0 Å². The topological polar surface area (TPSA) is 97.8 Å². The van der Waals surface area contributed by atoms with Gasteiger partial charge in [-0.1, -0.05) is 6.07 Å². The molecule has 5 nitrogen and oxygen atoms in total. The number of halogens is 4. The summed E-state index contributed by atoms with van der Waals surface area (Å²) < 4.78 is 53.7. The highest BCUT2D eigenvalue weighted by Gasteiger charge is 2.61. The lowest BCUT2D eigenvalue weighted by molar-refractivity contribution is -0.207. The van der Waals surface area contributed by atoms with Crippen LogP contribution in [0.4, 0.5) is 17.6 Å². The molecule has 4 aliphatic carbocycles. The van der Waals surface area contributed by atoms with Crippen LogP contribution in [0.5, 0.6) is 0 Å². The molecule has 2 aromatic rings. The maximum Gasteiger partial charge on any atom is 0.249 e. The quantitative estimate of drug-likeness (QED) is 0.429. The van der Waals surface area contributed by atoms with Crippen LogP contribution >= 0.6 is 0 Å². The van der Waals surface area contributed by atoms with Crippen molar-refractivity contribution in [3.8, 4) is 0 Å². The Kier molecular flexibility index (Phi) is 5.09. The predicted octanol–water partition coefficient (Wildman–Crippen LogP) is 5.42. The number of imidazole rings is 1. The van der Waals surface area contributed by atoms with Gasteiger partial charge in [-0.15, -0.1) is 0 Å². The summed E-state index contributed by atoms with van der Waals surface area (Å²) in [5, 5.41) is 0. The van der Waals surface area contributed by atoms with Gasteiger partial charge in [-0.25, -0.2) is 22.5 Å². The van der Waals surface area contributed by atoms with Crippen molar-refractivity contribution in [2.24, 2.45) is 40.6 Å². The number of primary amides is 1. The number of hydrogen-bond acceptors (Lipinski definition) is 3. The molecule has 4 aliphatic rings. The highest BCUT2D eigenvalue weighted by atomic mass is 19.3. The lowest BCUT2D eigenvalue weighted by atomic mass is 9.49. The third kappa shape index (κ3) is 4.23. The number of amides is 1. The van der Waals surface area contributed by atoms with Crippen molar-refractivity contribution in [3.63, 3.8) is 0 Å². The Bertz CT molecular complexity index is 1140. The van der Waals surface area contributed by atoms with Gasteiger partial charge >= 0.3 is 0 Å². The molecular weight excluding hydrogens is 460 g/mol. The van der Waals surface area contributed by atoms with E-state index in [-0.39, 0.29) is 49.0 Å². The minimum absolute atomic E-state index is 0.00606. The molecule has 0 bridgehead atoms. The van der Waals surface area contributed by atoms with E-state index in [1.165, 1.54) is 0 Å². The van der Waals surface area contributed by atoms with Crippen molar-refractivity contribution in [1.82, 2.24) is 9.97 Å². The summed E-state index contributed by atoms with van der Waals surface area (Å²) in [6.07, 6.45) is 3.68. The van der Waals surface area contributed by atoms with Gasteiger partial charge in [0.05, 0.1) is 17.1 Å². The Hall–Kier alpha value is -2.16. The Morgan fingerprint density at radius 1 is 1.06 bits per heavy atom. The lowest BCUT2D eigenvalue weighted by Gasteiger charge is -2.57. The van der Waals surface area contributed by atoms with Crippen LogP contribution in [0, 0.1) is 29.1 Å². The molecule has 1 spiro atoms. The monoisotopic (exact) mass is 492 g/mol. The molecule has 1 heterocycles. The molecule has 190 valence electrons. The first-order valence-corrected chi connectivity index (χ1v) is 12.7. The molecule has 4 fully saturated rings. The molecule has 6 rings (SSSR count). The summed E-state index contributed by atoms with van der Waals surface area (Å²) in [5.74, 6) is -5.61. The van der Waals surface area contributed by atoms with Crippen LogP contribution in [0.1, 0.15) is 81.1 Å². The zero-order valence-electron chi connectivity index (χ0n) is 19.6. The zero-order chi connectivity index (χ0) is 24.8. The standard InChI is InChI=1S/C26H32F4N4O/c27-25(28)9-16(10-25)21(22(32)35)20(14-1-2-14)15-3-4-18-19(6-15)34-23(33-18)17(31)5-13-7-24(8-13)11-26(29,30)12-24/h3-4,6,13-14,16-17,20-21H,1-2,5,7-12,31H2,(H2,32,35)(H,33,34)/t17-,20-,21?/m0/s1. The molecule has 0 aliphatic heterocycles. The van der Waals surface area contributed by atoms with Crippen LogP contribution in [-0.4, -0.2) is 27.7 Å². The van der Waals surface area contributed by atoms with Crippen LogP contribution in [0.15, 0.2) is 18.2 Å². The number of aromatic amines is 1. The van der Waals surface area contributed by atoms with Crippen molar-refractivity contribution < 1.29 is 22.4 Å². The Morgan fingerprint density at radius 3 is 2.31 bits per heavy atom. The molecule has 1 aromatic heterocycles. The average molecular weight is 493 g/mol. The number of H-pyrrole nitrogens is 1. The fraction of sp³-hybridized carbons (Fsp3) is 0.692. The first kappa shape index (κ1) is 23.3. The molecule has 3 atom stereocenters. The minimum atomic E-state index is -2.70. The third-order valence-corrected chi connectivity index (χ3v) is 9.03. The number of benzene rings is 1. The summed E-state index contributed by atoms with van der Waals surface area (Å²) in [4.78, 5) is 20.4. The second-order valence-electron chi connectivity index (χ2n) is 12.0. The number of aromatic nitrogens is 2. The fourth-order valence-corrected chi connectivity index (χ4v) is 7.46. The number of alkyl halides is 4. The van der Waals surface area contributed by atoms with E-state index in [0.717, 1.165) is 42.3 Å². The van der Waals surface area contributed by atoms with Crippen LogP contribution in [-0.2, 0) is 4.79 Å². The number of hydrogen-bond donors (Lipinski definition) is 3. The predicted molar refractivity (Wildman–Crippen MR) is 123 cm³/mol. The van der Waals surface area contributed by atoms with Gasteiger partial charge < -0.3 is 16.5 Å². The number of nitrogens with two attached hydrogens (primary N) is 2. The molecule has 4 saturated carbocycles. The second kappa shape index (κ2) is 7.67. The maximum atomic E-state index is 13.6. The molecule has 1 unspecified atom stereocenters. The maximum absolute atomic E-state index is 13.6. The molecule has 1 amide bonds. The number of fused-ring (bicyclic) bond motifs is 1. The SMILES string of the molecule is NC(=O)C(C1CC(F)(F)C1)[C@H](c1ccc2nc([C@@H](N)CC3CC4(C3)CC(F)(F)C4)[nH]c2c1)C1CC1. The molecule has 9 heteroatoms. The Labute approximate surface area is 201 Å². The van der Waals surface area contributed by atoms with Gasteiger partial charge in [-0.05, 0) is 78.9 Å². The molecule has 0 saturated heterocycles. The van der Waals surface area contributed by atoms with Crippen molar-refractivity contribution >= 4 is 16.9 Å². The summed E-state index contributed by atoms with van der Waals surface area (Å²) in [6.45, 7) is 0. The number of nitrogens with zero attached hydrogens (tertiary/aromatic N) is 1. The second-order valence-corrected chi connectivity index (χ2v) is 12.0. The normalized spacial score (nSPS) is 27.6. The number of nitrogens with one attached hydrogen (secondary N) is 1. The van der Waals surface area contributed by atoms with Gasteiger partial charge in [0.2, 0.25) is 17.8 Å². The number of carbonyl (C=O) groups excluding carboxylic acids is 1. The Morgan fingerprint density at radius 2 is 1.74 bits per heavy atom. The highest BCUT2D eigenvalue weighted by Crippen LogP contribution is 2.65. The van der Waals surface area contributed by atoms with E-state index in [4.69, 9.17) is 11.5 Å². The van der Waals surface area contributed by atoms with Gasteiger partial charge in [0.1, 0.15) is 5.82 Å². The average Bonchev–Trinajstić information content (AvgIpc) is 3.44. The summed E-state index contributed by atoms with van der Waals surface area (Å²) in [7, 11) is 0. The van der Waals surface area contributed by atoms with E-state index in [2.05, 4.69) is 9.97 Å². The lowest BCUT2D eigenvalue weighted by Crippen LogP contribution is -2.53. The molecule has 35 heavy (non-hydrogen) atoms. The molecule has 1 aromatic carbocycles. The number of rotatable bonds is 8. The summed E-state index contributed by atoms with van der Waals surface area (Å²) in [5.41, 5.74) is 14.5. The first-order chi connectivity index (χ1) is 16.4. The van der Waals surface area contributed by atoms with Crippen molar-refractivity contribution in [2.75, 3.05) is 0 Å². The first-order valence-electron chi connectivity index (χ1n) is 12.7. The minimum Gasteiger partial charge on any atom is -0.369 e. The van der Waals surface area contributed by atoms with E-state index < -0.39 is 29.6 Å². The van der Waals surface area contributed by atoms with Gasteiger partial charge in [-0.2, -0.15) is 0 Å². The zero-order valence-corrected chi connectivity index (χ0v) is 19.6. The van der Waals surface area contributed by atoms with E-state index in [1.807, 2.05) is 18.2 Å². The smallest absolute Gasteiger partial charge is 0.249 e. The van der Waals surface area contributed by atoms with Crippen molar-refractivity contribution in [3.05, 3.63) is 29.6 Å². The van der Waals surface area contributed by atoms with Crippen LogP contribution in [0.25, 0.3) is 11.0 Å². The van der Waals surface area contributed by atoms with Crippen molar-refractivity contribution in [2.45, 2.75) is 81.6 Å². The van der Waals surface area contributed by atoms with Crippen molar-refractivity contribution in [1.29, 1.82) is 0 Å². The van der Waals surface area contributed by atoms with Gasteiger partial charge in [0.15, 0.2) is 0 Å². The molecular formula is C26H32F4N4O. The largest absolute Gasteiger partial charge is 0.369 e. The van der Waals surface area contributed by atoms with Gasteiger partial charge in [0.25, 0.3) is 0 Å². The Balaban J connectivity index is 1.17. The molecule has 5 N–H and O–H groups in total. The van der Waals surface area contributed by atoms with Crippen LogP contribution in [0.2, 0.25) is 0 Å². The van der Waals surface area contributed by atoms with Crippen LogP contribution < -0.4 is 11.5 Å². The van der Waals surface area contributed by atoms with Gasteiger partial charge in [-0.3, -0.25) is 4.79 Å². The fourth-order valence-electron chi connectivity index (χ4n) is 7.46. The van der Waals surface area contributed by atoms with E-state index in [9.17, 15) is 22.4 Å². The molecule has 0 radical (unpaired) electrons. The van der Waals surface area contributed by atoms with Gasteiger partial charge in [0, 0.05) is 31.6 Å². The summed E-state index contributed by atoms with van der Waals surface area (Å²) in [6, 6.07) is 5.46.